The van der Waals surface area contributed by atoms with Crippen LogP contribution in [-0.4, -0.2) is 36.7 Å². The minimum Gasteiger partial charge on any atom is -0.546 e. The molecule has 4 rings (SSSR count). The second kappa shape index (κ2) is 7.82. The molecule has 0 bridgehead atoms. The predicted octanol–water partition coefficient (Wildman–Crippen LogP) is 0.599. The van der Waals surface area contributed by atoms with Gasteiger partial charge >= 0.3 is 6.03 Å². The Morgan fingerprint density at radius 3 is 2.55 bits per heavy atom. The van der Waals surface area contributed by atoms with E-state index in [2.05, 4.69) is 5.32 Å². The van der Waals surface area contributed by atoms with Crippen LogP contribution in [0.2, 0.25) is 0 Å². The number of ether oxygens (including phenoxy) is 3. The van der Waals surface area contributed by atoms with Gasteiger partial charge in [0.1, 0.15) is 17.4 Å². The van der Waals surface area contributed by atoms with E-state index >= 15 is 0 Å². The van der Waals surface area contributed by atoms with E-state index < -0.39 is 29.9 Å². The monoisotopic (exact) mass is 423 g/mol. The van der Waals surface area contributed by atoms with E-state index in [-0.39, 0.29) is 23.8 Å². The molecule has 0 unspecified atom stereocenters. The molecule has 1 N–H and O–H groups in total. The molecule has 0 aliphatic carbocycles. The van der Waals surface area contributed by atoms with Gasteiger partial charge in [-0.3, -0.25) is 14.9 Å². The average Bonchev–Trinajstić information content (AvgIpc) is 3.20. The van der Waals surface area contributed by atoms with E-state index in [0.29, 0.717) is 17.1 Å². The molecule has 0 saturated carbocycles. The molecule has 10 heteroatoms. The summed E-state index contributed by atoms with van der Waals surface area (Å²) < 4.78 is 15.7. The van der Waals surface area contributed by atoms with Crippen LogP contribution in [0.25, 0.3) is 6.08 Å². The number of barbiturate groups is 1. The maximum atomic E-state index is 12.9. The van der Waals surface area contributed by atoms with Gasteiger partial charge in [-0.25, -0.2) is 9.69 Å². The lowest BCUT2D eigenvalue weighted by Gasteiger charge is -2.26. The fourth-order valence-corrected chi connectivity index (χ4v) is 2.98. The van der Waals surface area contributed by atoms with E-state index in [1.807, 2.05) is 0 Å². The Balaban J connectivity index is 1.59. The number of hydrogen-bond acceptors (Lipinski definition) is 8. The molecule has 1 saturated heterocycles. The molecule has 2 aliphatic rings. The van der Waals surface area contributed by atoms with E-state index in [1.54, 1.807) is 6.07 Å². The van der Waals surface area contributed by atoms with Crippen molar-refractivity contribution in [2.24, 2.45) is 0 Å². The Hall–Kier alpha value is -4.34. The number of carboxylic acids is 1. The van der Waals surface area contributed by atoms with Crippen molar-refractivity contribution in [1.29, 1.82) is 0 Å². The first-order chi connectivity index (χ1) is 14.8. The highest BCUT2D eigenvalue weighted by Crippen LogP contribution is 2.36. The van der Waals surface area contributed by atoms with Gasteiger partial charge in [0, 0.05) is 6.07 Å². The van der Waals surface area contributed by atoms with Gasteiger partial charge in [-0.2, -0.15) is 0 Å². The number of anilines is 1. The van der Waals surface area contributed by atoms with Gasteiger partial charge in [-0.1, -0.05) is 12.1 Å². The summed E-state index contributed by atoms with van der Waals surface area (Å²) in [5.41, 5.74) is 0.422. The minimum atomic E-state index is -1.36. The SMILES string of the molecule is C[C@@H](Oc1ccc(/C=C2\C(=O)NC(=O)N(c3ccc4c(c3)OCO4)C2=O)cc1)C(=O)[O-]. The molecule has 2 heterocycles. The van der Waals surface area contributed by atoms with Crippen LogP contribution >= 0.6 is 0 Å². The van der Waals surface area contributed by atoms with Crippen molar-refractivity contribution in [3.05, 3.63) is 53.6 Å². The summed E-state index contributed by atoms with van der Waals surface area (Å²) in [7, 11) is 0. The summed E-state index contributed by atoms with van der Waals surface area (Å²) >= 11 is 0. The van der Waals surface area contributed by atoms with Crippen molar-refractivity contribution in [2.45, 2.75) is 13.0 Å². The number of hydrogen-bond donors (Lipinski definition) is 1. The van der Waals surface area contributed by atoms with Crippen LogP contribution in [0.1, 0.15) is 12.5 Å². The Bertz CT molecular complexity index is 1120. The van der Waals surface area contributed by atoms with Crippen LogP contribution in [-0.2, 0) is 14.4 Å². The highest BCUT2D eigenvalue weighted by molar-refractivity contribution is 6.39. The third-order valence-electron chi connectivity index (χ3n) is 4.55. The Morgan fingerprint density at radius 2 is 1.84 bits per heavy atom. The number of nitrogens with zero attached hydrogens (tertiary/aromatic N) is 1. The third-order valence-corrected chi connectivity index (χ3v) is 4.55. The number of fused-ring (bicyclic) bond motifs is 1. The van der Waals surface area contributed by atoms with E-state index in [4.69, 9.17) is 14.2 Å². The fourth-order valence-electron chi connectivity index (χ4n) is 2.98. The maximum absolute atomic E-state index is 12.9. The van der Waals surface area contributed by atoms with Crippen LogP contribution in [0.4, 0.5) is 10.5 Å². The minimum absolute atomic E-state index is 0.0318. The third kappa shape index (κ3) is 3.90. The highest BCUT2D eigenvalue weighted by atomic mass is 16.7. The van der Waals surface area contributed by atoms with Crippen molar-refractivity contribution in [3.8, 4) is 17.2 Å². The molecule has 1 fully saturated rings. The van der Waals surface area contributed by atoms with Crippen molar-refractivity contribution in [3.63, 3.8) is 0 Å². The molecule has 2 aromatic rings. The quantitative estimate of drug-likeness (QED) is 0.546. The lowest BCUT2D eigenvalue weighted by Crippen LogP contribution is -2.54. The second-order valence-corrected chi connectivity index (χ2v) is 6.64. The molecular weight excluding hydrogens is 408 g/mol. The van der Waals surface area contributed by atoms with Gasteiger partial charge in [0.25, 0.3) is 11.8 Å². The number of nitrogens with one attached hydrogen (secondary N) is 1. The Labute approximate surface area is 175 Å². The first kappa shape index (κ1) is 20.0. The average molecular weight is 423 g/mol. The summed E-state index contributed by atoms with van der Waals surface area (Å²) in [5, 5.41) is 12.9. The largest absolute Gasteiger partial charge is 0.546 e. The predicted molar refractivity (Wildman–Crippen MR) is 103 cm³/mol. The van der Waals surface area contributed by atoms with Crippen LogP contribution in [0.3, 0.4) is 0 Å². The van der Waals surface area contributed by atoms with E-state index in [0.717, 1.165) is 4.90 Å². The molecule has 4 amide bonds. The van der Waals surface area contributed by atoms with Crippen molar-refractivity contribution >= 4 is 35.6 Å². The van der Waals surface area contributed by atoms with Gasteiger partial charge in [-0.15, -0.1) is 0 Å². The number of carbonyl (C=O) groups excluding carboxylic acids is 4. The van der Waals surface area contributed by atoms with Crippen molar-refractivity contribution < 1.29 is 38.5 Å². The Kier molecular flexibility index (Phi) is 5.04. The zero-order chi connectivity index (χ0) is 22.1. The van der Waals surface area contributed by atoms with Gasteiger partial charge in [-0.05, 0) is 42.8 Å². The number of benzene rings is 2. The number of amides is 4. The fraction of sp³-hybridized carbons (Fsp3) is 0.143. The number of urea groups is 1. The molecule has 2 aromatic carbocycles. The number of carboxylic acid groups (broad SMARTS) is 1. The van der Waals surface area contributed by atoms with Gasteiger partial charge in [0.15, 0.2) is 11.5 Å². The van der Waals surface area contributed by atoms with Gasteiger partial charge in [0.2, 0.25) is 6.79 Å². The summed E-state index contributed by atoms with van der Waals surface area (Å²) in [6.45, 7) is 1.36. The molecule has 0 aromatic heterocycles. The second-order valence-electron chi connectivity index (χ2n) is 6.64. The van der Waals surface area contributed by atoms with Crippen LogP contribution in [0, 0.1) is 0 Å². The summed E-state index contributed by atoms with van der Waals surface area (Å²) in [6, 6.07) is 9.69. The normalized spacial score (nSPS) is 17.5. The van der Waals surface area contributed by atoms with E-state index in [9.17, 15) is 24.3 Å². The highest BCUT2D eigenvalue weighted by Gasteiger charge is 2.37. The van der Waals surface area contributed by atoms with Gasteiger partial charge < -0.3 is 24.1 Å². The van der Waals surface area contributed by atoms with Crippen LogP contribution in [0.5, 0.6) is 17.2 Å². The van der Waals surface area contributed by atoms with Crippen LogP contribution in [0.15, 0.2) is 48.0 Å². The topological polar surface area (TPSA) is 134 Å². The molecule has 31 heavy (non-hydrogen) atoms. The molecule has 0 radical (unpaired) electrons. The molecular formula is C21H15N2O8-. The molecule has 158 valence electrons. The van der Waals surface area contributed by atoms with E-state index in [1.165, 1.54) is 49.4 Å². The number of imide groups is 2. The summed E-state index contributed by atoms with van der Waals surface area (Å²) in [6.07, 6.45) is 0.173. The maximum Gasteiger partial charge on any atom is 0.335 e. The molecule has 2 aliphatic heterocycles. The molecule has 0 spiro atoms. The number of carbonyl (C=O) groups is 4. The first-order valence-corrected chi connectivity index (χ1v) is 9.12. The molecule has 10 nitrogen and oxygen atoms in total. The van der Waals surface area contributed by atoms with Crippen molar-refractivity contribution in [1.82, 2.24) is 5.32 Å². The molecule has 1 atom stereocenters. The summed E-state index contributed by atoms with van der Waals surface area (Å²) in [4.78, 5) is 49.1. The van der Waals surface area contributed by atoms with Crippen molar-refractivity contribution in [2.75, 3.05) is 11.7 Å². The zero-order valence-corrected chi connectivity index (χ0v) is 16.1. The standard InChI is InChI=1S/C21H16N2O8/c1-11(20(26)27)31-14-5-2-12(3-6-14)8-15-18(24)22-21(28)23(19(15)25)13-4-7-16-17(9-13)30-10-29-16/h2-9,11H,10H2,1H3,(H,26,27)(H,22,24,28)/p-1/b15-8+/t11-/m1/s1. The van der Waals surface area contributed by atoms with Gasteiger partial charge in [0.05, 0.1) is 11.7 Å². The lowest BCUT2D eigenvalue weighted by atomic mass is 10.1. The summed E-state index contributed by atoms with van der Waals surface area (Å²) in [5.74, 6) is -1.87. The number of aliphatic carboxylic acids is 1. The lowest BCUT2D eigenvalue weighted by molar-refractivity contribution is -0.312. The smallest absolute Gasteiger partial charge is 0.335 e. The zero-order valence-electron chi connectivity index (χ0n) is 16.1. The Morgan fingerprint density at radius 1 is 1.13 bits per heavy atom. The first-order valence-electron chi connectivity index (χ1n) is 9.12. The van der Waals surface area contributed by atoms with Crippen LogP contribution < -0.4 is 29.5 Å². The number of rotatable bonds is 5.